The third-order valence-corrected chi connectivity index (χ3v) is 4.72. The van der Waals surface area contributed by atoms with Gasteiger partial charge in [-0.1, -0.05) is 0 Å². The Morgan fingerprint density at radius 2 is 2.00 bits per heavy atom. The van der Waals surface area contributed by atoms with Crippen LogP contribution in [0.15, 0.2) is 0 Å². The summed E-state index contributed by atoms with van der Waals surface area (Å²) in [5.74, 6) is -1.31. The molecule has 0 aromatic heterocycles. The number of carbonyl (C=O) groups excluding carboxylic acids is 1. The van der Waals surface area contributed by atoms with Crippen LogP contribution in [0.3, 0.4) is 0 Å². The number of carbonyl (C=O) groups is 1. The molecule has 1 aliphatic rings. The lowest BCUT2D eigenvalue weighted by Crippen LogP contribution is -2.39. The Morgan fingerprint density at radius 3 is 2.63 bits per heavy atom. The molecule has 1 N–H and O–H groups in total. The monoisotopic (exact) mass is 294 g/mol. The minimum Gasteiger partial charge on any atom is -0.465 e. The Hall–Kier alpha value is -0.700. The number of β-amino-alcohol motifs (C(OH)–C–C–N with tert-alkyl or cyclic N) is 1. The fourth-order valence-corrected chi connectivity index (χ4v) is 3.36. The number of aliphatic hydroxyl groups is 1. The van der Waals surface area contributed by atoms with Gasteiger partial charge >= 0.3 is 5.97 Å². The van der Waals surface area contributed by atoms with Crippen LogP contribution in [0.4, 0.5) is 0 Å². The maximum absolute atomic E-state index is 12.0. The highest BCUT2D eigenvalue weighted by Gasteiger charge is 2.27. The second-order valence-corrected chi connectivity index (χ2v) is 6.35. The average molecular weight is 294 g/mol. The normalized spacial score (nSPS) is 19.1. The molecule has 0 saturated carbocycles. The number of aliphatic hydroxyl groups excluding tert-OH is 1. The molecule has 0 radical (unpaired) electrons. The number of ether oxygens (including phenoxy) is 1. The van der Waals surface area contributed by atoms with Crippen molar-refractivity contribution < 1.29 is 23.1 Å². The highest BCUT2D eigenvalue weighted by atomic mass is 32.2. The number of sulfonamides is 1. The zero-order chi connectivity index (χ0) is 14.3. The molecule has 19 heavy (non-hydrogen) atoms. The van der Waals surface area contributed by atoms with Crippen LogP contribution in [-0.4, -0.2) is 80.4 Å². The van der Waals surface area contributed by atoms with Crippen LogP contribution in [-0.2, 0) is 19.6 Å². The first kappa shape index (κ1) is 16.4. The maximum Gasteiger partial charge on any atom is 0.322 e. The quantitative estimate of drug-likeness (QED) is 0.624. The molecule has 0 aromatic carbocycles. The number of esters is 1. The van der Waals surface area contributed by atoms with Gasteiger partial charge < -0.3 is 9.84 Å². The molecule has 1 rings (SSSR count). The van der Waals surface area contributed by atoms with Gasteiger partial charge in [-0.25, -0.2) is 12.7 Å². The van der Waals surface area contributed by atoms with Crippen LogP contribution in [0.25, 0.3) is 0 Å². The number of nitrogens with zero attached hydrogens (tertiary/aromatic N) is 2. The molecule has 7 nitrogen and oxygen atoms in total. The number of hydrogen-bond donors (Lipinski definition) is 1. The third kappa shape index (κ3) is 5.43. The molecule has 1 heterocycles. The van der Waals surface area contributed by atoms with Crippen molar-refractivity contribution in [3.05, 3.63) is 0 Å². The van der Waals surface area contributed by atoms with Crippen molar-refractivity contribution in [2.75, 3.05) is 51.7 Å². The summed E-state index contributed by atoms with van der Waals surface area (Å²) in [6.45, 7) is 4.52. The second-order valence-electron chi connectivity index (χ2n) is 4.38. The molecule has 0 bridgehead atoms. The van der Waals surface area contributed by atoms with Gasteiger partial charge in [0, 0.05) is 26.2 Å². The van der Waals surface area contributed by atoms with Crippen LogP contribution >= 0.6 is 0 Å². The lowest BCUT2D eigenvalue weighted by molar-refractivity contribution is -0.140. The summed E-state index contributed by atoms with van der Waals surface area (Å²) in [5, 5.41) is 8.88. The first-order valence-electron chi connectivity index (χ1n) is 6.46. The summed E-state index contributed by atoms with van der Waals surface area (Å²) in [6, 6.07) is 0. The molecule has 0 unspecified atom stereocenters. The molecule has 112 valence electrons. The smallest absolute Gasteiger partial charge is 0.322 e. The number of hydrogen-bond acceptors (Lipinski definition) is 6. The highest BCUT2D eigenvalue weighted by molar-refractivity contribution is 7.89. The van der Waals surface area contributed by atoms with Gasteiger partial charge in [-0.15, -0.1) is 0 Å². The standard InChI is InChI=1S/C11H22N2O5S/c1-2-18-11(15)10-19(16,17)13-5-3-4-12(6-7-13)8-9-14/h14H,2-10H2,1H3. The van der Waals surface area contributed by atoms with Gasteiger partial charge in [-0.3, -0.25) is 9.69 Å². The lowest BCUT2D eigenvalue weighted by Gasteiger charge is -2.20. The summed E-state index contributed by atoms with van der Waals surface area (Å²) in [5.41, 5.74) is 0. The van der Waals surface area contributed by atoms with Gasteiger partial charge in [0.15, 0.2) is 5.75 Å². The van der Waals surface area contributed by atoms with Crippen LogP contribution < -0.4 is 0 Å². The molecule has 0 atom stereocenters. The van der Waals surface area contributed by atoms with E-state index >= 15 is 0 Å². The zero-order valence-corrected chi connectivity index (χ0v) is 12.1. The summed E-state index contributed by atoms with van der Waals surface area (Å²) in [6.07, 6.45) is 0.696. The van der Waals surface area contributed by atoms with Gasteiger partial charge in [0.25, 0.3) is 0 Å². The summed E-state index contributed by atoms with van der Waals surface area (Å²) in [7, 11) is -3.60. The van der Waals surface area contributed by atoms with E-state index in [1.54, 1.807) is 6.92 Å². The minimum absolute atomic E-state index is 0.0651. The molecular formula is C11H22N2O5S. The maximum atomic E-state index is 12.0. The first-order chi connectivity index (χ1) is 8.99. The third-order valence-electron chi connectivity index (χ3n) is 2.96. The van der Waals surface area contributed by atoms with Crippen LogP contribution in [0.2, 0.25) is 0 Å². The van der Waals surface area contributed by atoms with E-state index in [1.807, 2.05) is 4.90 Å². The highest BCUT2D eigenvalue weighted by Crippen LogP contribution is 2.09. The first-order valence-corrected chi connectivity index (χ1v) is 8.07. The molecule has 0 aromatic rings. The Labute approximate surface area is 114 Å². The molecule has 8 heteroatoms. The minimum atomic E-state index is -3.60. The van der Waals surface area contributed by atoms with Gasteiger partial charge in [-0.05, 0) is 19.9 Å². The van der Waals surface area contributed by atoms with Crippen molar-refractivity contribution in [3.8, 4) is 0 Å². The fraction of sp³-hybridized carbons (Fsp3) is 0.909. The van der Waals surface area contributed by atoms with E-state index < -0.39 is 21.7 Å². The molecular weight excluding hydrogens is 272 g/mol. The van der Waals surface area contributed by atoms with E-state index in [1.165, 1.54) is 4.31 Å². The Balaban J connectivity index is 2.56. The van der Waals surface area contributed by atoms with Crippen molar-refractivity contribution in [2.45, 2.75) is 13.3 Å². The summed E-state index contributed by atoms with van der Waals surface area (Å²) >= 11 is 0. The molecule has 1 fully saturated rings. The predicted octanol–water partition coefficient (Wildman–Crippen LogP) is -1.12. The largest absolute Gasteiger partial charge is 0.465 e. The van der Waals surface area contributed by atoms with Crippen LogP contribution in [0.1, 0.15) is 13.3 Å². The molecule has 1 aliphatic heterocycles. The van der Waals surface area contributed by atoms with E-state index in [9.17, 15) is 13.2 Å². The SMILES string of the molecule is CCOC(=O)CS(=O)(=O)N1CCCN(CCO)CC1. The van der Waals surface area contributed by atoms with Gasteiger partial charge in [0.2, 0.25) is 10.0 Å². The summed E-state index contributed by atoms with van der Waals surface area (Å²) in [4.78, 5) is 13.3. The lowest BCUT2D eigenvalue weighted by atomic mass is 10.4. The van der Waals surface area contributed by atoms with E-state index in [0.717, 1.165) is 6.54 Å². The average Bonchev–Trinajstić information content (AvgIpc) is 2.55. The summed E-state index contributed by atoms with van der Waals surface area (Å²) < 4.78 is 30.1. The van der Waals surface area contributed by atoms with Gasteiger partial charge in [0.05, 0.1) is 13.2 Å². The van der Waals surface area contributed by atoms with Crippen molar-refractivity contribution in [3.63, 3.8) is 0 Å². The molecule has 0 spiro atoms. The predicted molar refractivity (Wildman–Crippen MR) is 70.1 cm³/mol. The number of rotatable bonds is 6. The van der Waals surface area contributed by atoms with E-state index in [-0.39, 0.29) is 13.2 Å². The zero-order valence-electron chi connectivity index (χ0n) is 11.2. The van der Waals surface area contributed by atoms with Gasteiger partial charge in [-0.2, -0.15) is 0 Å². The molecule has 0 aliphatic carbocycles. The molecule has 0 amide bonds. The van der Waals surface area contributed by atoms with E-state index in [4.69, 9.17) is 5.11 Å². The Bertz CT molecular complexity index is 385. The van der Waals surface area contributed by atoms with Gasteiger partial charge in [0.1, 0.15) is 0 Å². The van der Waals surface area contributed by atoms with E-state index in [0.29, 0.717) is 32.6 Å². The van der Waals surface area contributed by atoms with Crippen molar-refractivity contribution in [1.82, 2.24) is 9.21 Å². The van der Waals surface area contributed by atoms with Crippen molar-refractivity contribution in [2.24, 2.45) is 0 Å². The molecule has 1 saturated heterocycles. The Kier molecular flexibility index (Phi) is 6.70. The van der Waals surface area contributed by atoms with Crippen molar-refractivity contribution in [1.29, 1.82) is 0 Å². The second kappa shape index (κ2) is 7.78. The Morgan fingerprint density at radius 1 is 1.26 bits per heavy atom. The fourth-order valence-electron chi connectivity index (χ4n) is 2.03. The van der Waals surface area contributed by atoms with Crippen LogP contribution in [0, 0.1) is 0 Å². The van der Waals surface area contributed by atoms with E-state index in [2.05, 4.69) is 4.74 Å². The van der Waals surface area contributed by atoms with Crippen LogP contribution in [0.5, 0.6) is 0 Å². The van der Waals surface area contributed by atoms with Crippen molar-refractivity contribution >= 4 is 16.0 Å². The topological polar surface area (TPSA) is 87.2 Å².